The summed E-state index contributed by atoms with van der Waals surface area (Å²) in [5, 5.41) is 8.60. The van der Waals surface area contributed by atoms with Crippen LogP contribution in [-0.4, -0.2) is 32.4 Å². The maximum Gasteiger partial charge on any atom is 0.303 e. The molecule has 1 rings (SSSR count). The molecular weight excluding hydrogens is 320 g/mol. The van der Waals surface area contributed by atoms with Crippen LogP contribution in [0.4, 0.5) is 0 Å². The lowest BCUT2D eigenvalue weighted by Crippen LogP contribution is -2.02. The molecule has 0 heterocycles. The molecular formula is C20H32O5. The van der Waals surface area contributed by atoms with Gasteiger partial charge in [0.25, 0.3) is 0 Å². The van der Waals surface area contributed by atoms with Crippen molar-refractivity contribution in [1.82, 2.24) is 0 Å². The lowest BCUT2D eigenvalue weighted by Gasteiger charge is -2.18. The molecule has 0 fully saturated rings. The highest BCUT2D eigenvalue weighted by atomic mass is 16.5. The number of hydrogen-bond acceptors (Lipinski definition) is 4. The van der Waals surface area contributed by atoms with Gasteiger partial charge in [-0.15, -0.1) is 0 Å². The molecule has 25 heavy (non-hydrogen) atoms. The first-order valence-electron chi connectivity index (χ1n) is 9.05. The minimum absolute atomic E-state index is 0.290. The second-order valence-electron chi connectivity index (χ2n) is 6.31. The molecule has 0 spiro atoms. The molecule has 1 aromatic carbocycles. The predicted molar refractivity (Wildman–Crippen MR) is 99.1 cm³/mol. The second-order valence-corrected chi connectivity index (χ2v) is 6.31. The van der Waals surface area contributed by atoms with Crippen molar-refractivity contribution in [2.45, 2.75) is 64.7 Å². The van der Waals surface area contributed by atoms with Crippen LogP contribution in [0.25, 0.3) is 0 Å². The molecule has 5 heteroatoms. The van der Waals surface area contributed by atoms with Crippen molar-refractivity contribution in [3.63, 3.8) is 0 Å². The van der Waals surface area contributed by atoms with Gasteiger partial charge in [0.2, 0.25) is 5.75 Å². The summed E-state index contributed by atoms with van der Waals surface area (Å²) >= 11 is 0. The van der Waals surface area contributed by atoms with Gasteiger partial charge in [0, 0.05) is 12.0 Å². The zero-order valence-corrected chi connectivity index (χ0v) is 16.0. The van der Waals surface area contributed by atoms with E-state index in [0.29, 0.717) is 17.9 Å². The Morgan fingerprint density at radius 1 is 0.880 bits per heavy atom. The van der Waals surface area contributed by atoms with Crippen LogP contribution in [0.5, 0.6) is 17.2 Å². The minimum atomic E-state index is -0.695. The topological polar surface area (TPSA) is 65.0 Å². The van der Waals surface area contributed by atoms with Gasteiger partial charge in [-0.1, -0.05) is 32.1 Å². The van der Waals surface area contributed by atoms with Crippen LogP contribution in [0.3, 0.4) is 0 Å². The van der Waals surface area contributed by atoms with Gasteiger partial charge in [0.1, 0.15) is 0 Å². The molecule has 1 aromatic rings. The first-order chi connectivity index (χ1) is 12.0. The highest BCUT2D eigenvalue weighted by molar-refractivity contribution is 5.66. The number of carboxylic acids is 1. The number of carbonyl (C=O) groups is 1. The summed E-state index contributed by atoms with van der Waals surface area (Å²) in [7, 11) is 4.92. The lowest BCUT2D eigenvalue weighted by molar-refractivity contribution is -0.137. The quantitative estimate of drug-likeness (QED) is 0.518. The predicted octanol–water partition coefficient (Wildman–Crippen LogP) is 4.77. The number of rotatable bonds is 13. The third-order valence-electron chi connectivity index (χ3n) is 4.47. The molecule has 0 saturated carbocycles. The van der Waals surface area contributed by atoms with E-state index in [1.54, 1.807) is 21.3 Å². The fraction of sp³-hybridized carbons (Fsp3) is 0.650. The van der Waals surface area contributed by atoms with E-state index >= 15 is 0 Å². The summed E-state index contributed by atoms with van der Waals surface area (Å²) in [6.45, 7) is 2.07. The molecule has 0 aliphatic heterocycles. The maximum atomic E-state index is 10.4. The highest BCUT2D eigenvalue weighted by Crippen LogP contribution is 2.42. The van der Waals surface area contributed by atoms with E-state index in [-0.39, 0.29) is 0 Å². The molecule has 0 aromatic heterocycles. The van der Waals surface area contributed by atoms with E-state index in [2.05, 4.69) is 6.92 Å². The number of aliphatic carboxylic acids is 1. The normalized spacial score (nSPS) is 10.6. The summed E-state index contributed by atoms with van der Waals surface area (Å²) in [4.78, 5) is 10.4. The van der Waals surface area contributed by atoms with Crippen LogP contribution in [0.2, 0.25) is 0 Å². The largest absolute Gasteiger partial charge is 0.493 e. The average molecular weight is 352 g/mol. The van der Waals surface area contributed by atoms with Crippen LogP contribution in [0, 0.1) is 6.92 Å². The van der Waals surface area contributed by atoms with Crippen molar-refractivity contribution in [2.24, 2.45) is 0 Å². The third kappa shape index (κ3) is 6.85. The summed E-state index contributed by atoms with van der Waals surface area (Å²) in [5.74, 6) is 1.43. The van der Waals surface area contributed by atoms with Gasteiger partial charge in [-0.2, -0.15) is 0 Å². The van der Waals surface area contributed by atoms with Crippen LogP contribution >= 0.6 is 0 Å². The Morgan fingerprint density at radius 2 is 1.44 bits per heavy atom. The second kappa shape index (κ2) is 11.6. The van der Waals surface area contributed by atoms with E-state index in [1.165, 1.54) is 18.4 Å². The smallest absolute Gasteiger partial charge is 0.303 e. The molecule has 0 radical (unpaired) electrons. The molecule has 0 atom stereocenters. The average Bonchev–Trinajstić information content (AvgIpc) is 2.60. The van der Waals surface area contributed by atoms with E-state index in [4.69, 9.17) is 19.3 Å². The van der Waals surface area contributed by atoms with E-state index < -0.39 is 5.97 Å². The van der Waals surface area contributed by atoms with Crippen molar-refractivity contribution in [3.8, 4) is 17.2 Å². The highest BCUT2D eigenvalue weighted by Gasteiger charge is 2.18. The van der Waals surface area contributed by atoms with Gasteiger partial charge < -0.3 is 19.3 Å². The van der Waals surface area contributed by atoms with Gasteiger partial charge in [-0.05, 0) is 37.8 Å². The summed E-state index contributed by atoms with van der Waals surface area (Å²) in [6.07, 6.45) is 8.77. The number of methoxy groups -OCH3 is 3. The molecule has 0 saturated heterocycles. The summed E-state index contributed by atoms with van der Waals surface area (Å²) in [5.41, 5.74) is 2.34. The van der Waals surface area contributed by atoms with Crippen molar-refractivity contribution in [2.75, 3.05) is 21.3 Å². The van der Waals surface area contributed by atoms with E-state index in [0.717, 1.165) is 49.8 Å². The maximum absolute atomic E-state index is 10.4. The van der Waals surface area contributed by atoms with Gasteiger partial charge in [0.15, 0.2) is 11.5 Å². The van der Waals surface area contributed by atoms with E-state index in [9.17, 15) is 4.79 Å². The SMILES string of the molecule is COc1cc(C)c(CCCCCCCCCC(=O)O)c(OC)c1OC. The molecule has 0 unspecified atom stereocenters. The van der Waals surface area contributed by atoms with Crippen molar-refractivity contribution < 1.29 is 24.1 Å². The Hall–Kier alpha value is -1.91. The molecule has 5 nitrogen and oxygen atoms in total. The molecule has 0 aliphatic carbocycles. The molecule has 1 N–H and O–H groups in total. The fourth-order valence-electron chi connectivity index (χ4n) is 3.11. The van der Waals surface area contributed by atoms with Crippen molar-refractivity contribution >= 4 is 5.97 Å². The van der Waals surface area contributed by atoms with Gasteiger partial charge >= 0.3 is 5.97 Å². The van der Waals surface area contributed by atoms with Crippen LogP contribution in [-0.2, 0) is 11.2 Å². The Labute approximate surface area is 151 Å². The fourth-order valence-corrected chi connectivity index (χ4v) is 3.11. The molecule has 0 amide bonds. The standard InChI is InChI=1S/C20H32O5/c1-15-14-17(23-2)20(25-4)19(24-3)16(15)12-10-8-6-5-7-9-11-13-18(21)22/h14H,5-13H2,1-4H3,(H,21,22). The van der Waals surface area contributed by atoms with Crippen molar-refractivity contribution in [1.29, 1.82) is 0 Å². The first kappa shape index (κ1) is 21.1. The Bertz CT molecular complexity index is 539. The summed E-state index contributed by atoms with van der Waals surface area (Å²) < 4.78 is 16.4. The Kier molecular flexibility index (Phi) is 9.81. The lowest BCUT2D eigenvalue weighted by atomic mass is 9.99. The van der Waals surface area contributed by atoms with Gasteiger partial charge in [0.05, 0.1) is 21.3 Å². The van der Waals surface area contributed by atoms with Crippen molar-refractivity contribution in [3.05, 3.63) is 17.2 Å². The number of ether oxygens (including phenoxy) is 3. The number of aryl methyl sites for hydroxylation is 1. The molecule has 0 aliphatic rings. The minimum Gasteiger partial charge on any atom is -0.493 e. The Balaban J connectivity index is 2.43. The summed E-state index contributed by atoms with van der Waals surface area (Å²) in [6, 6.07) is 2.00. The zero-order valence-electron chi connectivity index (χ0n) is 16.0. The molecule has 142 valence electrons. The monoisotopic (exact) mass is 352 g/mol. The first-order valence-corrected chi connectivity index (χ1v) is 9.05. The number of carboxylic acid groups (broad SMARTS) is 1. The zero-order chi connectivity index (χ0) is 18.7. The number of hydrogen-bond donors (Lipinski definition) is 1. The third-order valence-corrected chi connectivity index (χ3v) is 4.47. The van der Waals surface area contributed by atoms with Crippen LogP contribution in [0.15, 0.2) is 6.07 Å². The van der Waals surface area contributed by atoms with Gasteiger partial charge in [-0.25, -0.2) is 0 Å². The van der Waals surface area contributed by atoms with Crippen LogP contribution in [0.1, 0.15) is 62.5 Å². The number of unbranched alkanes of at least 4 members (excludes halogenated alkanes) is 6. The van der Waals surface area contributed by atoms with Crippen LogP contribution < -0.4 is 14.2 Å². The molecule has 0 bridgehead atoms. The van der Waals surface area contributed by atoms with Gasteiger partial charge in [-0.3, -0.25) is 4.79 Å². The Morgan fingerprint density at radius 3 is 1.96 bits per heavy atom. The number of benzene rings is 1. The van der Waals surface area contributed by atoms with E-state index in [1.807, 2.05) is 6.07 Å².